The van der Waals surface area contributed by atoms with E-state index in [2.05, 4.69) is 17.6 Å². The van der Waals surface area contributed by atoms with Gasteiger partial charge in [0.05, 0.1) is 0 Å². The molecule has 146 valence electrons. The number of hydrogen-bond donors (Lipinski definition) is 2. The molecule has 0 saturated carbocycles. The summed E-state index contributed by atoms with van der Waals surface area (Å²) in [6, 6.07) is 17.6. The van der Waals surface area contributed by atoms with Crippen LogP contribution in [0.25, 0.3) is 0 Å². The van der Waals surface area contributed by atoms with Gasteiger partial charge >= 0.3 is 0 Å². The van der Waals surface area contributed by atoms with Gasteiger partial charge in [0.1, 0.15) is 5.75 Å². The molecule has 2 unspecified atom stereocenters. The number of carbonyl (C=O) groups excluding carboxylic acids is 1. The second kappa shape index (κ2) is 11.0. The van der Waals surface area contributed by atoms with Gasteiger partial charge in [-0.1, -0.05) is 55.5 Å². The molecule has 0 radical (unpaired) electrons. The maximum absolute atomic E-state index is 12.9. The van der Waals surface area contributed by atoms with Crippen molar-refractivity contribution in [2.75, 3.05) is 19.6 Å². The van der Waals surface area contributed by atoms with E-state index >= 15 is 0 Å². The zero-order chi connectivity index (χ0) is 18.2. The Hall–Kier alpha value is -2.04. The van der Waals surface area contributed by atoms with Gasteiger partial charge in [-0.2, -0.15) is 0 Å². The van der Waals surface area contributed by atoms with Crippen molar-refractivity contribution in [1.29, 1.82) is 0 Å². The van der Waals surface area contributed by atoms with Crippen molar-refractivity contribution in [1.82, 2.24) is 10.6 Å². The topological polar surface area (TPSA) is 50.4 Å². The highest BCUT2D eigenvalue weighted by molar-refractivity contribution is 5.85. The maximum Gasteiger partial charge on any atom is 0.265 e. The van der Waals surface area contributed by atoms with Gasteiger partial charge in [-0.3, -0.25) is 4.79 Å². The van der Waals surface area contributed by atoms with Crippen LogP contribution in [0.1, 0.15) is 37.0 Å². The van der Waals surface area contributed by atoms with E-state index < -0.39 is 6.10 Å². The van der Waals surface area contributed by atoms with E-state index in [1.165, 1.54) is 6.42 Å². The average Bonchev–Trinajstić information content (AvgIpc) is 3.20. The molecular weight excluding hydrogens is 360 g/mol. The van der Waals surface area contributed by atoms with Crippen molar-refractivity contribution in [2.24, 2.45) is 5.92 Å². The first-order valence-corrected chi connectivity index (χ1v) is 9.56. The van der Waals surface area contributed by atoms with Crippen molar-refractivity contribution in [3.63, 3.8) is 0 Å². The summed E-state index contributed by atoms with van der Waals surface area (Å²) in [5.41, 5.74) is 1.98. The second-order valence-corrected chi connectivity index (χ2v) is 6.81. The standard InChI is InChI=1S/C22H28N2O2.ClH/c1-2-18-8-6-7-11-20(18)26-21(19-9-4-3-5-10-19)22(25)24-15-13-17-12-14-23-16-17;/h3-11,17,21,23H,2,12-16H2,1H3,(H,24,25);1H. The molecule has 1 saturated heterocycles. The Kier molecular flexibility index (Phi) is 8.62. The molecule has 1 aliphatic heterocycles. The van der Waals surface area contributed by atoms with Crippen LogP contribution in [0.5, 0.6) is 5.75 Å². The summed E-state index contributed by atoms with van der Waals surface area (Å²) >= 11 is 0. The minimum Gasteiger partial charge on any atom is -0.476 e. The van der Waals surface area contributed by atoms with Gasteiger partial charge in [-0.05, 0) is 49.9 Å². The van der Waals surface area contributed by atoms with E-state index in [4.69, 9.17) is 4.74 Å². The van der Waals surface area contributed by atoms with Crippen molar-refractivity contribution in [3.05, 3.63) is 65.7 Å². The normalized spacial score (nSPS) is 17.0. The highest BCUT2D eigenvalue weighted by atomic mass is 35.5. The van der Waals surface area contributed by atoms with E-state index in [0.29, 0.717) is 12.5 Å². The van der Waals surface area contributed by atoms with E-state index in [0.717, 1.165) is 42.8 Å². The molecular formula is C22H29ClN2O2. The van der Waals surface area contributed by atoms with Gasteiger partial charge in [0, 0.05) is 12.1 Å². The van der Waals surface area contributed by atoms with E-state index in [-0.39, 0.29) is 18.3 Å². The summed E-state index contributed by atoms with van der Waals surface area (Å²) in [6.45, 7) is 4.92. The molecule has 1 aliphatic rings. The molecule has 1 amide bonds. The van der Waals surface area contributed by atoms with Crippen LogP contribution in [0.2, 0.25) is 0 Å². The monoisotopic (exact) mass is 388 g/mol. The van der Waals surface area contributed by atoms with Gasteiger partial charge in [0.2, 0.25) is 6.10 Å². The molecule has 4 nitrogen and oxygen atoms in total. The number of para-hydroxylation sites is 1. The van der Waals surface area contributed by atoms with Crippen LogP contribution in [0.15, 0.2) is 54.6 Å². The van der Waals surface area contributed by atoms with Gasteiger partial charge in [0.25, 0.3) is 5.91 Å². The molecule has 1 fully saturated rings. The van der Waals surface area contributed by atoms with E-state index in [1.54, 1.807) is 0 Å². The zero-order valence-corrected chi connectivity index (χ0v) is 16.6. The molecule has 3 rings (SSSR count). The Balaban J connectivity index is 0.00000261. The summed E-state index contributed by atoms with van der Waals surface area (Å²) < 4.78 is 6.18. The number of benzene rings is 2. The first-order valence-electron chi connectivity index (χ1n) is 9.56. The molecule has 5 heteroatoms. The number of nitrogens with one attached hydrogen (secondary N) is 2. The number of carbonyl (C=O) groups is 1. The van der Waals surface area contributed by atoms with Gasteiger partial charge in [-0.15, -0.1) is 12.4 Å². The van der Waals surface area contributed by atoms with E-state index in [9.17, 15) is 4.79 Å². The summed E-state index contributed by atoms with van der Waals surface area (Å²) in [7, 11) is 0. The van der Waals surface area contributed by atoms with Crippen molar-refractivity contribution < 1.29 is 9.53 Å². The minimum atomic E-state index is -0.634. The third-order valence-electron chi connectivity index (χ3n) is 4.95. The largest absolute Gasteiger partial charge is 0.476 e. The molecule has 2 aromatic carbocycles. The summed E-state index contributed by atoms with van der Waals surface area (Å²) in [4.78, 5) is 12.9. The minimum absolute atomic E-state index is 0. The number of halogens is 1. The van der Waals surface area contributed by atoms with Crippen LogP contribution in [0, 0.1) is 5.92 Å². The highest BCUT2D eigenvalue weighted by Gasteiger charge is 2.24. The van der Waals surface area contributed by atoms with Crippen LogP contribution in [-0.4, -0.2) is 25.5 Å². The van der Waals surface area contributed by atoms with Crippen LogP contribution >= 0.6 is 12.4 Å². The first-order chi connectivity index (χ1) is 12.8. The lowest BCUT2D eigenvalue weighted by molar-refractivity contribution is -0.128. The molecule has 0 aromatic heterocycles. The third kappa shape index (κ3) is 5.98. The number of hydrogen-bond acceptors (Lipinski definition) is 3. The predicted octanol–water partition coefficient (Wildman–Crippen LogP) is 3.91. The van der Waals surface area contributed by atoms with Crippen LogP contribution in [0.3, 0.4) is 0 Å². The van der Waals surface area contributed by atoms with Crippen molar-refractivity contribution >= 4 is 18.3 Å². The first kappa shape index (κ1) is 21.3. The van der Waals surface area contributed by atoms with Crippen LogP contribution < -0.4 is 15.4 Å². The van der Waals surface area contributed by atoms with Gasteiger partial charge in [0.15, 0.2) is 0 Å². The Labute approximate surface area is 168 Å². The molecule has 0 spiro atoms. The van der Waals surface area contributed by atoms with Gasteiger partial charge in [-0.25, -0.2) is 0 Å². The van der Waals surface area contributed by atoms with E-state index in [1.807, 2.05) is 54.6 Å². The van der Waals surface area contributed by atoms with Gasteiger partial charge < -0.3 is 15.4 Å². The summed E-state index contributed by atoms with van der Waals surface area (Å²) in [5, 5.41) is 6.44. The Morgan fingerprint density at radius 3 is 2.63 bits per heavy atom. The second-order valence-electron chi connectivity index (χ2n) is 6.81. The number of amides is 1. The highest BCUT2D eigenvalue weighted by Crippen LogP contribution is 2.26. The number of rotatable bonds is 8. The van der Waals surface area contributed by atoms with Crippen molar-refractivity contribution in [2.45, 2.75) is 32.3 Å². The Bertz CT molecular complexity index is 702. The third-order valence-corrected chi connectivity index (χ3v) is 4.95. The fourth-order valence-electron chi connectivity index (χ4n) is 3.39. The lowest BCUT2D eigenvalue weighted by Gasteiger charge is -2.21. The number of ether oxygens (including phenoxy) is 1. The zero-order valence-electron chi connectivity index (χ0n) is 15.8. The van der Waals surface area contributed by atoms with Crippen LogP contribution in [-0.2, 0) is 11.2 Å². The van der Waals surface area contributed by atoms with Crippen molar-refractivity contribution in [3.8, 4) is 5.75 Å². The van der Waals surface area contributed by atoms with Crippen LogP contribution in [0.4, 0.5) is 0 Å². The molecule has 2 N–H and O–H groups in total. The average molecular weight is 389 g/mol. The fourth-order valence-corrected chi connectivity index (χ4v) is 3.39. The lowest BCUT2D eigenvalue weighted by atomic mass is 10.0. The molecule has 0 bridgehead atoms. The Morgan fingerprint density at radius 2 is 1.93 bits per heavy atom. The fraction of sp³-hybridized carbons (Fsp3) is 0.409. The molecule has 1 heterocycles. The SMILES string of the molecule is CCc1ccccc1OC(C(=O)NCCC1CCNC1)c1ccccc1.Cl. The summed E-state index contributed by atoms with van der Waals surface area (Å²) in [5.74, 6) is 1.36. The molecule has 2 aromatic rings. The molecule has 0 aliphatic carbocycles. The predicted molar refractivity (Wildman–Crippen MR) is 111 cm³/mol. The number of aryl methyl sites for hydroxylation is 1. The quantitative estimate of drug-likeness (QED) is 0.720. The molecule has 27 heavy (non-hydrogen) atoms. The molecule has 2 atom stereocenters. The maximum atomic E-state index is 12.9. The lowest BCUT2D eigenvalue weighted by Crippen LogP contribution is -2.34. The smallest absolute Gasteiger partial charge is 0.265 e. The Morgan fingerprint density at radius 1 is 1.19 bits per heavy atom. The summed E-state index contributed by atoms with van der Waals surface area (Å²) in [6.07, 6.45) is 2.43.